The molecule has 1 aromatic carbocycles. The first-order valence-corrected chi connectivity index (χ1v) is 6.87. The Kier molecular flexibility index (Phi) is 6.24. The van der Waals surface area contributed by atoms with Gasteiger partial charge in [0.15, 0.2) is 0 Å². The highest BCUT2D eigenvalue weighted by Crippen LogP contribution is 2.18. The summed E-state index contributed by atoms with van der Waals surface area (Å²) in [6.45, 7) is 5.18. The number of rotatable bonds is 6. The maximum atomic E-state index is 12.0. The van der Waals surface area contributed by atoms with Crippen molar-refractivity contribution in [2.45, 2.75) is 13.0 Å². The SMILES string of the molecule is C=CCN(CC(=O)O)C(=O)NC(C)c1cccc(Br)c1. The van der Waals surface area contributed by atoms with Gasteiger partial charge in [-0.3, -0.25) is 4.79 Å². The highest BCUT2D eigenvalue weighted by molar-refractivity contribution is 9.10. The number of carbonyl (C=O) groups excluding carboxylic acids is 1. The van der Waals surface area contributed by atoms with Crippen LogP contribution in [-0.2, 0) is 4.79 Å². The molecule has 0 aliphatic carbocycles. The van der Waals surface area contributed by atoms with Crippen LogP contribution in [0.4, 0.5) is 4.79 Å². The van der Waals surface area contributed by atoms with Crippen LogP contribution in [0.2, 0.25) is 0 Å². The van der Waals surface area contributed by atoms with Gasteiger partial charge >= 0.3 is 12.0 Å². The van der Waals surface area contributed by atoms with Gasteiger partial charge in [0, 0.05) is 11.0 Å². The molecule has 6 heteroatoms. The number of carbonyl (C=O) groups is 2. The average molecular weight is 341 g/mol. The molecule has 1 rings (SSSR count). The lowest BCUT2D eigenvalue weighted by Gasteiger charge is -2.22. The van der Waals surface area contributed by atoms with Crippen molar-refractivity contribution < 1.29 is 14.7 Å². The Labute approximate surface area is 126 Å². The van der Waals surface area contributed by atoms with E-state index in [0.29, 0.717) is 0 Å². The zero-order chi connectivity index (χ0) is 15.1. The van der Waals surface area contributed by atoms with Gasteiger partial charge in [-0.25, -0.2) is 4.79 Å². The van der Waals surface area contributed by atoms with E-state index in [0.717, 1.165) is 10.0 Å². The number of hydrogen-bond donors (Lipinski definition) is 2. The number of urea groups is 1. The molecular formula is C14H17BrN2O3. The highest BCUT2D eigenvalue weighted by atomic mass is 79.9. The summed E-state index contributed by atoms with van der Waals surface area (Å²) in [5.74, 6) is -1.06. The van der Waals surface area contributed by atoms with Crippen LogP contribution < -0.4 is 5.32 Å². The average Bonchev–Trinajstić information content (AvgIpc) is 2.37. The first kappa shape index (κ1) is 16.2. The molecule has 2 N–H and O–H groups in total. The Balaban J connectivity index is 2.71. The summed E-state index contributed by atoms with van der Waals surface area (Å²) >= 11 is 3.37. The van der Waals surface area contributed by atoms with E-state index < -0.39 is 12.0 Å². The topological polar surface area (TPSA) is 69.6 Å². The summed E-state index contributed by atoms with van der Waals surface area (Å²) in [6, 6.07) is 6.92. The maximum absolute atomic E-state index is 12.0. The van der Waals surface area contributed by atoms with Gasteiger partial charge in [-0.2, -0.15) is 0 Å². The smallest absolute Gasteiger partial charge is 0.323 e. The van der Waals surface area contributed by atoms with Gasteiger partial charge in [0.1, 0.15) is 6.54 Å². The molecule has 1 aromatic rings. The predicted octanol–water partition coefficient (Wildman–Crippen LogP) is 2.79. The number of halogens is 1. The van der Waals surface area contributed by atoms with Crippen LogP contribution in [0.25, 0.3) is 0 Å². The molecule has 0 fully saturated rings. The standard InChI is InChI=1S/C14H17BrN2O3/c1-3-7-17(9-13(18)19)14(20)16-10(2)11-5-4-6-12(15)8-11/h3-6,8,10H,1,7,9H2,2H3,(H,16,20)(H,18,19). The summed E-state index contributed by atoms with van der Waals surface area (Å²) in [5.41, 5.74) is 0.932. The summed E-state index contributed by atoms with van der Waals surface area (Å²) in [7, 11) is 0. The molecule has 0 aromatic heterocycles. The maximum Gasteiger partial charge on any atom is 0.323 e. The van der Waals surface area contributed by atoms with E-state index >= 15 is 0 Å². The first-order chi connectivity index (χ1) is 9.43. The van der Waals surface area contributed by atoms with E-state index in [-0.39, 0.29) is 19.1 Å². The number of amides is 2. The fourth-order valence-electron chi connectivity index (χ4n) is 1.67. The Morgan fingerprint density at radius 2 is 2.25 bits per heavy atom. The van der Waals surface area contributed by atoms with Crippen molar-refractivity contribution in [3.8, 4) is 0 Å². The molecule has 2 amide bonds. The van der Waals surface area contributed by atoms with Crippen molar-refractivity contribution in [3.05, 3.63) is 47.0 Å². The molecule has 1 unspecified atom stereocenters. The van der Waals surface area contributed by atoms with E-state index in [1.165, 1.54) is 11.0 Å². The third kappa shape index (κ3) is 5.05. The molecule has 0 saturated carbocycles. The number of hydrogen-bond acceptors (Lipinski definition) is 2. The third-order valence-corrected chi connectivity index (χ3v) is 3.14. The number of nitrogens with zero attached hydrogens (tertiary/aromatic N) is 1. The normalized spacial score (nSPS) is 11.5. The quantitative estimate of drug-likeness (QED) is 0.782. The lowest BCUT2D eigenvalue weighted by molar-refractivity contribution is -0.137. The van der Waals surface area contributed by atoms with Crippen LogP contribution in [0, 0.1) is 0 Å². The highest BCUT2D eigenvalue weighted by Gasteiger charge is 2.17. The second kappa shape index (κ2) is 7.69. The van der Waals surface area contributed by atoms with Crippen LogP contribution in [-0.4, -0.2) is 35.1 Å². The number of carboxylic acids is 1. The van der Waals surface area contributed by atoms with Crippen molar-refractivity contribution in [2.75, 3.05) is 13.1 Å². The van der Waals surface area contributed by atoms with E-state index in [2.05, 4.69) is 27.8 Å². The predicted molar refractivity (Wildman–Crippen MR) is 80.5 cm³/mol. The second-order valence-electron chi connectivity index (χ2n) is 4.29. The molecule has 0 radical (unpaired) electrons. The minimum Gasteiger partial charge on any atom is -0.480 e. The molecule has 0 heterocycles. The minimum atomic E-state index is -1.06. The van der Waals surface area contributed by atoms with Crippen LogP contribution in [0.5, 0.6) is 0 Å². The van der Waals surface area contributed by atoms with Crippen molar-refractivity contribution in [1.29, 1.82) is 0 Å². The monoisotopic (exact) mass is 340 g/mol. The summed E-state index contributed by atoms with van der Waals surface area (Å²) in [4.78, 5) is 23.9. The van der Waals surface area contributed by atoms with Crippen LogP contribution in [0.15, 0.2) is 41.4 Å². The van der Waals surface area contributed by atoms with Crippen LogP contribution >= 0.6 is 15.9 Å². The van der Waals surface area contributed by atoms with Crippen molar-refractivity contribution in [3.63, 3.8) is 0 Å². The fraction of sp³-hybridized carbons (Fsp3) is 0.286. The van der Waals surface area contributed by atoms with Crippen molar-refractivity contribution in [1.82, 2.24) is 10.2 Å². The van der Waals surface area contributed by atoms with E-state index in [1.54, 1.807) is 0 Å². The molecule has 0 saturated heterocycles. The van der Waals surface area contributed by atoms with Gasteiger partial charge in [0.05, 0.1) is 6.04 Å². The van der Waals surface area contributed by atoms with Gasteiger partial charge < -0.3 is 15.3 Å². The summed E-state index contributed by atoms with van der Waals surface area (Å²) in [5, 5.41) is 11.6. The molecule has 0 aliphatic rings. The third-order valence-electron chi connectivity index (χ3n) is 2.65. The van der Waals surface area contributed by atoms with Gasteiger partial charge in [0.2, 0.25) is 0 Å². The van der Waals surface area contributed by atoms with Crippen molar-refractivity contribution in [2.24, 2.45) is 0 Å². The molecule has 20 heavy (non-hydrogen) atoms. The van der Waals surface area contributed by atoms with E-state index in [1.807, 2.05) is 31.2 Å². The largest absolute Gasteiger partial charge is 0.480 e. The Bertz CT molecular complexity index is 505. The molecule has 5 nitrogen and oxygen atoms in total. The molecule has 0 bridgehead atoms. The van der Waals surface area contributed by atoms with E-state index in [9.17, 15) is 9.59 Å². The van der Waals surface area contributed by atoms with Gasteiger partial charge in [-0.15, -0.1) is 6.58 Å². The molecule has 0 aliphatic heterocycles. The lowest BCUT2D eigenvalue weighted by atomic mass is 10.1. The van der Waals surface area contributed by atoms with Gasteiger partial charge in [-0.1, -0.05) is 34.1 Å². The molecular weight excluding hydrogens is 324 g/mol. The minimum absolute atomic E-state index is 0.184. The number of benzene rings is 1. The van der Waals surface area contributed by atoms with Crippen LogP contribution in [0.3, 0.4) is 0 Å². The van der Waals surface area contributed by atoms with Crippen LogP contribution in [0.1, 0.15) is 18.5 Å². The summed E-state index contributed by atoms with van der Waals surface area (Å²) in [6.07, 6.45) is 1.49. The molecule has 1 atom stereocenters. The Hall–Kier alpha value is -1.82. The second-order valence-corrected chi connectivity index (χ2v) is 5.20. The number of nitrogens with one attached hydrogen (secondary N) is 1. The van der Waals surface area contributed by atoms with Gasteiger partial charge in [0.25, 0.3) is 0 Å². The number of carboxylic acid groups (broad SMARTS) is 1. The first-order valence-electron chi connectivity index (χ1n) is 6.07. The molecule has 108 valence electrons. The zero-order valence-corrected chi connectivity index (χ0v) is 12.8. The Morgan fingerprint density at radius 1 is 1.55 bits per heavy atom. The number of aliphatic carboxylic acids is 1. The van der Waals surface area contributed by atoms with Crippen molar-refractivity contribution >= 4 is 27.9 Å². The van der Waals surface area contributed by atoms with Gasteiger partial charge in [-0.05, 0) is 24.6 Å². The fourth-order valence-corrected chi connectivity index (χ4v) is 2.09. The molecule has 0 spiro atoms. The lowest BCUT2D eigenvalue weighted by Crippen LogP contribution is -2.43. The Morgan fingerprint density at radius 3 is 2.80 bits per heavy atom. The zero-order valence-electron chi connectivity index (χ0n) is 11.2. The van der Waals surface area contributed by atoms with E-state index in [4.69, 9.17) is 5.11 Å². The summed E-state index contributed by atoms with van der Waals surface area (Å²) < 4.78 is 0.921.